The Morgan fingerprint density at radius 2 is 1.55 bits per heavy atom. The van der Waals surface area contributed by atoms with Crippen molar-refractivity contribution in [2.75, 3.05) is 0 Å². The fraction of sp³-hybridized carbons (Fsp3) is 0.744. The van der Waals surface area contributed by atoms with E-state index in [9.17, 15) is 0 Å². The average molecular weight is 1110 g/mol. The molecule has 1 saturated heterocycles. The molecule has 82 heavy (non-hydrogen) atoms. The maximum absolute atomic E-state index is 7.18. The molecule has 0 bridgehead atoms. The Morgan fingerprint density at radius 3 is 2.33 bits per heavy atom. The van der Waals surface area contributed by atoms with Crippen molar-refractivity contribution in [3.63, 3.8) is 0 Å². The molecule has 6 fully saturated rings. The van der Waals surface area contributed by atoms with Crippen LogP contribution >= 0.6 is 0 Å². The van der Waals surface area contributed by atoms with Crippen LogP contribution in [0.1, 0.15) is 239 Å². The Labute approximate surface area is 501 Å². The molecule has 13 rings (SSSR count). The van der Waals surface area contributed by atoms with Crippen molar-refractivity contribution in [1.82, 2.24) is 9.80 Å². The molecular formula is C78H114N2O2. The van der Waals surface area contributed by atoms with Crippen LogP contribution in [0.4, 0.5) is 0 Å². The Hall–Kier alpha value is -2.76. The number of allylic oxidation sites excluding steroid dienone is 13. The highest BCUT2D eigenvalue weighted by Gasteiger charge is 2.64. The van der Waals surface area contributed by atoms with Crippen LogP contribution in [0.5, 0.6) is 0 Å². The fourth-order valence-corrected chi connectivity index (χ4v) is 21.7. The molecule has 1 aliphatic heterocycles. The Morgan fingerprint density at radius 1 is 0.695 bits per heavy atom. The molecule has 0 spiro atoms. The van der Waals surface area contributed by atoms with Gasteiger partial charge >= 0.3 is 0 Å². The number of hydrogen-bond donors (Lipinski definition) is 0. The quantitative estimate of drug-likeness (QED) is 0.0951. The predicted octanol–water partition coefficient (Wildman–Crippen LogP) is 19.6. The van der Waals surface area contributed by atoms with Gasteiger partial charge in [0.15, 0.2) is 0 Å². The summed E-state index contributed by atoms with van der Waals surface area (Å²) in [5.41, 5.74) is 5.60. The summed E-state index contributed by atoms with van der Waals surface area (Å²) in [6.07, 6.45) is 89.6. The van der Waals surface area contributed by atoms with Crippen molar-refractivity contribution in [1.29, 1.82) is 0 Å². The molecule has 448 valence electrons. The highest BCUT2D eigenvalue weighted by molar-refractivity contribution is 5.42. The first-order valence-corrected chi connectivity index (χ1v) is 36.1. The number of likely N-dealkylation sites (tertiary alicyclic amines) is 1. The first-order valence-electron chi connectivity index (χ1n) is 36.1. The number of nitrogens with zero attached hydrogens (tertiary/aromatic N) is 2. The molecule has 0 amide bonds. The maximum Gasteiger partial charge on any atom is 0.0616 e. The van der Waals surface area contributed by atoms with Crippen LogP contribution in [-0.4, -0.2) is 70.5 Å². The van der Waals surface area contributed by atoms with Gasteiger partial charge in [0.2, 0.25) is 0 Å². The molecule has 15 atom stereocenters. The van der Waals surface area contributed by atoms with E-state index in [4.69, 9.17) is 9.47 Å². The number of unbranched alkanes of at least 4 members (excludes halogenated alkanes) is 3. The minimum atomic E-state index is 0.225. The van der Waals surface area contributed by atoms with Gasteiger partial charge < -0.3 is 9.47 Å². The molecule has 4 nitrogen and oxygen atoms in total. The van der Waals surface area contributed by atoms with E-state index in [0.29, 0.717) is 102 Å². The van der Waals surface area contributed by atoms with Gasteiger partial charge in [-0.25, -0.2) is 0 Å². The Balaban J connectivity index is 0.787. The highest BCUT2D eigenvalue weighted by Crippen LogP contribution is 2.70. The van der Waals surface area contributed by atoms with Crippen molar-refractivity contribution in [3.05, 3.63) is 121 Å². The maximum atomic E-state index is 7.18. The molecule has 0 N–H and O–H groups in total. The highest BCUT2D eigenvalue weighted by atomic mass is 16.5. The molecule has 12 aliphatic carbocycles. The van der Waals surface area contributed by atoms with E-state index in [1.165, 1.54) is 212 Å². The third-order valence-corrected chi connectivity index (χ3v) is 25.6. The first kappa shape index (κ1) is 58.3. The predicted molar refractivity (Wildman–Crippen MR) is 343 cm³/mol. The lowest BCUT2D eigenvalue weighted by atomic mass is 9.52. The second-order valence-corrected chi connectivity index (χ2v) is 29.8. The molecule has 5 saturated carbocycles. The van der Waals surface area contributed by atoms with Crippen LogP contribution in [0.3, 0.4) is 0 Å². The summed E-state index contributed by atoms with van der Waals surface area (Å²) in [5.74, 6) is 7.01. The number of fused-ring (bicyclic) bond motifs is 6. The monoisotopic (exact) mass is 1110 g/mol. The molecular weight excluding hydrogens is 997 g/mol. The minimum Gasteiger partial charge on any atom is -0.375 e. The summed E-state index contributed by atoms with van der Waals surface area (Å²) >= 11 is 0. The fourth-order valence-electron chi connectivity index (χ4n) is 21.7. The standard InChI is InChI=1S/C78H114N2O2/c1-4-7-8-15-27-66(6-3)81-68-46-37-60(38-47-68)78(61-39-48-69(49-40-61)82-67-44-32-55(5-2)33-45-67)74-30-18-16-28-70(74)71-50-43-65(54-75(71)78)79(64-26-20-23-58(52-64)56-21-11-9-12-22-56)63-41-34-57(35-42-63)59-36-51-77-73(53-59)72-29-17-19-31-76(72)80(77)62-24-13-10-14-25-62/h5,9,11-13,18,21,24,29-30,36,39,43,50-51,53,55-58,60,62-71,73-77H,2,4,6-8,10,14-17,19-20,22-23,25-28,31-35,37-38,40-42,44-49,52,54H2,1,3H3. The van der Waals surface area contributed by atoms with Gasteiger partial charge in [-0.05, 0) is 257 Å². The van der Waals surface area contributed by atoms with Gasteiger partial charge in [-0.15, -0.1) is 6.58 Å². The van der Waals surface area contributed by atoms with Gasteiger partial charge in [0.25, 0.3) is 0 Å². The topological polar surface area (TPSA) is 24.9 Å². The van der Waals surface area contributed by atoms with Crippen LogP contribution in [0.2, 0.25) is 0 Å². The minimum absolute atomic E-state index is 0.225. The van der Waals surface area contributed by atoms with E-state index < -0.39 is 0 Å². The number of hydrogen-bond acceptors (Lipinski definition) is 4. The molecule has 13 aliphatic rings. The van der Waals surface area contributed by atoms with Crippen LogP contribution < -0.4 is 0 Å². The Kier molecular flexibility index (Phi) is 19.3. The first-order chi connectivity index (χ1) is 40.5. The van der Waals surface area contributed by atoms with Crippen molar-refractivity contribution in [3.8, 4) is 0 Å². The lowest BCUT2D eigenvalue weighted by Gasteiger charge is -2.55. The van der Waals surface area contributed by atoms with Crippen molar-refractivity contribution in [2.24, 2.45) is 64.6 Å². The van der Waals surface area contributed by atoms with Gasteiger partial charge in [-0.2, -0.15) is 0 Å². The van der Waals surface area contributed by atoms with Gasteiger partial charge in [0.05, 0.1) is 24.4 Å². The zero-order chi connectivity index (χ0) is 55.4. The van der Waals surface area contributed by atoms with Gasteiger partial charge in [0.1, 0.15) is 0 Å². The summed E-state index contributed by atoms with van der Waals surface area (Å²) in [6.45, 7) is 8.89. The molecule has 4 heteroatoms. The van der Waals surface area contributed by atoms with Crippen molar-refractivity contribution < 1.29 is 9.47 Å². The smallest absolute Gasteiger partial charge is 0.0616 e. The lowest BCUT2D eigenvalue weighted by Crippen LogP contribution is -2.55. The van der Waals surface area contributed by atoms with Gasteiger partial charge in [-0.1, -0.05) is 149 Å². The molecule has 15 unspecified atom stereocenters. The Bertz CT molecular complexity index is 2410. The van der Waals surface area contributed by atoms with Crippen LogP contribution in [-0.2, 0) is 9.47 Å². The van der Waals surface area contributed by atoms with E-state index in [0.717, 1.165) is 30.6 Å². The van der Waals surface area contributed by atoms with E-state index in [1.54, 1.807) is 11.1 Å². The second-order valence-electron chi connectivity index (χ2n) is 29.8. The van der Waals surface area contributed by atoms with Crippen molar-refractivity contribution in [2.45, 2.75) is 299 Å². The summed E-state index contributed by atoms with van der Waals surface area (Å²) in [4.78, 5) is 6.32. The third-order valence-electron chi connectivity index (χ3n) is 25.6. The van der Waals surface area contributed by atoms with Crippen LogP contribution in [0.15, 0.2) is 121 Å². The normalized spacial score (nSPS) is 43.1. The van der Waals surface area contributed by atoms with E-state index in [2.05, 4.69) is 127 Å². The van der Waals surface area contributed by atoms with Crippen molar-refractivity contribution >= 4 is 0 Å². The zero-order valence-electron chi connectivity index (χ0n) is 52.0. The number of rotatable bonds is 19. The molecule has 0 aromatic rings. The molecule has 0 radical (unpaired) electrons. The molecule has 0 aromatic carbocycles. The lowest BCUT2D eigenvalue weighted by molar-refractivity contribution is -0.0637. The summed E-state index contributed by atoms with van der Waals surface area (Å²) in [5, 5.41) is 0. The van der Waals surface area contributed by atoms with E-state index in [-0.39, 0.29) is 5.41 Å². The third kappa shape index (κ3) is 12.0. The SMILES string of the molecule is C=CC1CCC(OC2CC=C(C3(C4CCC(OC(CC)CCCCCC)CC4)C4C=CCCC4C4C=CC(N(C5CCC(C6=CC7C8=CCCCC8N(C8C=CCCC8)C7C=C6)CC5)C5CCCC(C6C=CC=CC6)C5)CC43)CC2)CC1. The zero-order valence-corrected chi connectivity index (χ0v) is 52.0. The van der Waals surface area contributed by atoms with Crippen LogP contribution in [0, 0.1) is 64.6 Å². The second kappa shape index (κ2) is 27.1. The largest absolute Gasteiger partial charge is 0.375 e. The summed E-state index contributed by atoms with van der Waals surface area (Å²) in [7, 11) is 0. The average Bonchev–Trinajstić information content (AvgIpc) is 3.38. The van der Waals surface area contributed by atoms with Gasteiger partial charge in [-0.3, -0.25) is 9.80 Å². The van der Waals surface area contributed by atoms with E-state index in [1.807, 2.05) is 5.57 Å². The molecule has 0 aromatic heterocycles. The summed E-state index contributed by atoms with van der Waals surface area (Å²) < 4.78 is 14.3. The number of ether oxygens (including phenoxy) is 2. The van der Waals surface area contributed by atoms with Crippen LogP contribution in [0.25, 0.3) is 0 Å². The van der Waals surface area contributed by atoms with E-state index >= 15 is 0 Å². The van der Waals surface area contributed by atoms with Gasteiger partial charge in [0, 0.05) is 47.6 Å². The summed E-state index contributed by atoms with van der Waals surface area (Å²) in [6, 6.07) is 3.69. The molecule has 1 heterocycles.